The molecule has 1 aliphatic rings. The molecule has 1 aromatic rings. The number of rotatable bonds is 8. The zero-order valence-electron chi connectivity index (χ0n) is 12.0. The lowest BCUT2D eigenvalue weighted by Crippen LogP contribution is -2.11. The van der Waals surface area contributed by atoms with Crippen LogP contribution in [-0.4, -0.2) is 32.2 Å². The van der Waals surface area contributed by atoms with E-state index >= 15 is 0 Å². The van der Waals surface area contributed by atoms with E-state index in [-0.39, 0.29) is 0 Å². The van der Waals surface area contributed by atoms with Crippen molar-refractivity contribution in [2.24, 2.45) is 0 Å². The van der Waals surface area contributed by atoms with Crippen molar-refractivity contribution in [2.45, 2.75) is 38.7 Å². The van der Waals surface area contributed by atoms with Crippen LogP contribution in [-0.2, 0) is 4.74 Å². The number of benzene rings is 1. The lowest BCUT2D eigenvalue weighted by Gasteiger charge is -2.13. The highest BCUT2D eigenvalue weighted by Crippen LogP contribution is 2.25. The average molecular weight is 278 g/mol. The fourth-order valence-corrected chi connectivity index (χ4v) is 2.22. The topological polar surface area (TPSA) is 44.8 Å². The van der Waals surface area contributed by atoms with E-state index in [0.29, 0.717) is 30.6 Å². The first-order valence-electron chi connectivity index (χ1n) is 7.30. The smallest absolute Gasteiger partial charge is 0.153 e. The van der Waals surface area contributed by atoms with Crippen molar-refractivity contribution in [1.82, 2.24) is 0 Å². The van der Waals surface area contributed by atoms with Gasteiger partial charge in [-0.25, -0.2) is 0 Å². The third-order valence-corrected chi connectivity index (χ3v) is 3.31. The van der Waals surface area contributed by atoms with Crippen molar-refractivity contribution in [3.05, 3.63) is 23.8 Å². The highest BCUT2D eigenvalue weighted by Gasteiger charge is 2.15. The molecule has 1 unspecified atom stereocenters. The van der Waals surface area contributed by atoms with E-state index in [0.717, 1.165) is 44.3 Å². The molecule has 0 N–H and O–H groups in total. The summed E-state index contributed by atoms with van der Waals surface area (Å²) < 4.78 is 16.8. The van der Waals surface area contributed by atoms with Gasteiger partial charge in [-0.2, -0.15) is 0 Å². The van der Waals surface area contributed by atoms with Crippen molar-refractivity contribution in [3.63, 3.8) is 0 Å². The molecule has 110 valence electrons. The quantitative estimate of drug-likeness (QED) is 0.685. The Balaban J connectivity index is 1.91. The van der Waals surface area contributed by atoms with E-state index in [9.17, 15) is 4.79 Å². The molecule has 0 aromatic heterocycles. The summed E-state index contributed by atoms with van der Waals surface area (Å²) in [4.78, 5) is 11.0. The number of hydrogen-bond acceptors (Lipinski definition) is 4. The second-order valence-electron chi connectivity index (χ2n) is 4.94. The fourth-order valence-electron chi connectivity index (χ4n) is 2.22. The standard InChI is InChI=1S/C16H22O4/c1-2-8-18-15-6-5-13(12-17)16(11-15)20-10-7-14-4-3-9-19-14/h5-6,11-12,14H,2-4,7-10H2,1H3. The molecule has 0 bridgehead atoms. The molecule has 4 heteroatoms. The Hall–Kier alpha value is -1.55. The Morgan fingerprint density at radius 3 is 2.95 bits per heavy atom. The molecule has 20 heavy (non-hydrogen) atoms. The normalized spacial score (nSPS) is 17.9. The molecule has 0 spiro atoms. The summed E-state index contributed by atoms with van der Waals surface area (Å²) in [5.74, 6) is 1.33. The van der Waals surface area contributed by atoms with E-state index in [1.165, 1.54) is 0 Å². The van der Waals surface area contributed by atoms with Gasteiger partial charge in [-0.15, -0.1) is 0 Å². The van der Waals surface area contributed by atoms with E-state index < -0.39 is 0 Å². The van der Waals surface area contributed by atoms with Crippen LogP contribution in [0.1, 0.15) is 43.0 Å². The van der Waals surface area contributed by atoms with Gasteiger partial charge in [0.05, 0.1) is 24.9 Å². The van der Waals surface area contributed by atoms with E-state index in [4.69, 9.17) is 14.2 Å². The zero-order valence-corrected chi connectivity index (χ0v) is 12.0. The number of aldehydes is 1. The fraction of sp³-hybridized carbons (Fsp3) is 0.562. The van der Waals surface area contributed by atoms with Crippen LogP contribution in [0.4, 0.5) is 0 Å². The molecule has 1 fully saturated rings. The van der Waals surface area contributed by atoms with Gasteiger partial charge in [0.1, 0.15) is 11.5 Å². The lowest BCUT2D eigenvalue weighted by atomic mass is 10.2. The summed E-state index contributed by atoms with van der Waals surface area (Å²) in [7, 11) is 0. The Morgan fingerprint density at radius 1 is 1.35 bits per heavy atom. The van der Waals surface area contributed by atoms with Crippen LogP contribution in [0.25, 0.3) is 0 Å². The van der Waals surface area contributed by atoms with Gasteiger partial charge in [-0.3, -0.25) is 4.79 Å². The first-order valence-corrected chi connectivity index (χ1v) is 7.30. The summed E-state index contributed by atoms with van der Waals surface area (Å²) >= 11 is 0. The van der Waals surface area contributed by atoms with Crippen molar-refractivity contribution in [2.75, 3.05) is 19.8 Å². The van der Waals surface area contributed by atoms with Crippen LogP contribution in [0.15, 0.2) is 18.2 Å². The molecule has 1 saturated heterocycles. The third kappa shape index (κ3) is 4.23. The summed E-state index contributed by atoms with van der Waals surface area (Å²) in [6.07, 6.45) is 5.15. The molecule has 0 radical (unpaired) electrons. The van der Waals surface area contributed by atoms with Gasteiger partial charge in [0.2, 0.25) is 0 Å². The van der Waals surface area contributed by atoms with Gasteiger partial charge < -0.3 is 14.2 Å². The monoisotopic (exact) mass is 278 g/mol. The highest BCUT2D eigenvalue weighted by atomic mass is 16.5. The maximum atomic E-state index is 11.0. The minimum absolute atomic E-state index is 0.300. The van der Waals surface area contributed by atoms with Crippen LogP contribution in [0, 0.1) is 0 Å². The van der Waals surface area contributed by atoms with Crippen LogP contribution in [0.2, 0.25) is 0 Å². The molecule has 4 nitrogen and oxygen atoms in total. The third-order valence-electron chi connectivity index (χ3n) is 3.31. The SMILES string of the molecule is CCCOc1ccc(C=O)c(OCCC2CCCO2)c1. The van der Waals surface area contributed by atoms with Crippen LogP contribution in [0.5, 0.6) is 11.5 Å². The van der Waals surface area contributed by atoms with Gasteiger partial charge >= 0.3 is 0 Å². The Morgan fingerprint density at radius 2 is 2.25 bits per heavy atom. The summed E-state index contributed by atoms with van der Waals surface area (Å²) in [5.41, 5.74) is 0.557. The molecule has 0 saturated carbocycles. The van der Waals surface area contributed by atoms with Crippen LogP contribution >= 0.6 is 0 Å². The maximum Gasteiger partial charge on any atom is 0.153 e. The van der Waals surface area contributed by atoms with Gasteiger partial charge in [0, 0.05) is 19.1 Å². The second kappa shape index (κ2) is 7.90. The Labute approximate surface area is 120 Å². The minimum atomic E-state index is 0.300. The van der Waals surface area contributed by atoms with Crippen molar-refractivity contribution in [1.29, 1.82) is 0 Å². The predicted octanol–water partition coefficient (Wildman–Crippen LogP) is 3.24. The van der Waals surface area contributed by atoms with E-state index in [1.807, 2.05) is 0 Å². The first-order chi connectivity index (χ1) is 9.83. The van der Waals surface area contributed by atoms with Gasteiger partial charge in [-0.05, 0) is 31.4 Å². The first kappa shape index (κ1) is 14.9. The highest BCUT2D eigenvalue weighted by molar-refractivity contribution is 5.79. The second-order valence-corrected chi connectivity index (χ2v) is 4.94. The van der Waals surface area contributed by atoms with Crippen molar-refractivity contribution in [3.8, 4) is 11.5 Å². The van der Waals surface area contributed by atoms with Gasteiger partial charge in [0.15, 0.2) is 6.29 Å². The van der Waals surface area contributed by atoms with Crippen LogP contribution in [0.3, 0.4) is 0 Å². The zero-order chi connectivity index (χ0) is 14.2. The number of carbonyl (C=O) groups is 1. The maximum absolute atomic E-state index is 11.0. The van der Waals surface area contributed by atoms with Crippen LogP contribution < -0.4 is 9.47 Å². The van der Waals surface area contributed by atoms with E-state index in [2.05, 4.69) is 6.92 Å². The summed E-state index contributed by atoms with van der Waals surface area (Å²) in [6.45, 7) is 4.13. The molecule has 0 amide bonds. The molecule has 1 aromatic carbocycles. The average Bonchev–Trinajstić information content (AvgIpc) is 2.98. The number of carbonyl (C=O) groups excluding carboxylic acids is 1. The molecular formula is C16H22O4. The van der Waals surface area contributed by atoms with Gasteiger partial charge in [0.25, 0.3) is 0 Å². The molecule has 0 aliphatic carbocycles. The summed E-state index contributed by atoms with van der Waals surface area (Å²) in [6, 6.07) is 5.32. The van der Waals surface area contributed by atoms with Crippen molar-refractivity contribution < 1.29 is 19.0 Å². The molecule has 1 heterocycles. The lowest BCUT2D eigenvalue weighted by molar-refractivity contribution is 0.0900. The molecular weight excluding hydrogens is 256 g/mol. The van der Waals surface area contributed by atoms with E-state index in [1.54, 1.807) is 18.2 Å². The van der Waals surface area contributed by atoms with Gasteiger partial charge in [-0.1, -0.05) is 6.92 Å². The molecule has 1 aliphatic heterocycles. The Bertz CT molecular complexity index is 424. The molecule has 2 rings (SSSR count). The number of ether oxygens (including phenoxy) is 3. The minimum Gasteiger partial charge on any atom is -0.493 e. The molecule has 1 atom stereocenters. The predicted molar refractivity (Wildman–Crippen MR) is 76.7 cm³/mol. The largest absolute Gasteiger partial charge is 0.493 e. The summed E-state index contributed by atoms with van der Waals surface area (Å²) in [5, 5.41) is 0. The number of hydrogen-bond donors (Lipinski definition) is 0. The van der Waals surface area contributed by atoms with Crippen molar-refractivity contribution >= 4 is 6.29 Å². The Kier molecular flexibility index (Phi) is 5.87.